The third-order valence-corrected chi connectivity index (χ3v) is 3.75. The van der Waals surface area contributed by atoms with Crippen molar-refractivity contribution < 1.29 is 9.53 Å². The zero-order valence-electron chi connectivity index (χ0n) is 13.1. The van der Waals surface area contributed by atoms with Crippen molar-refractivity contribution in [2.75, 3.05) is 24.3 Å². The largest absolute Gasteiger partial charge is 0.479 e. The van der Waals surface area contributed by atoms with Gasteiger partial charge in [0.1, 0.15) is 5.75 Å². The number of nitrogens with zero attached hydrogens (tertiary/aromatic N) is 1. The molecule has 2 aromatic rings. The van der Waals surface area contributed by atoms with E-state index in [-0.39, 0.29) is 5.91 Å². The SMILES string of the molecule is C[C@@H](Oc1ccc(Cl)cc1Cl)C(=O)Nc1ccc(N(C)C)cc1. The summed E-state index contributed by atoms with van der Waals surface area (Å²) in [6.07, 6.45) is -0.692. The van der Waals surface area contributed by atoms with Crippen LogP contribution in [0.15, 0.2) is 42.5 Å². The molecule has 2 rings (SSSR count). The highest BCUT2D eigenvalue weighted by atomic mass is 35.5. The van der Waals surface area contributed by atoms with Gasteiger partial charge in [-0.15, -0.1) is 0 Å². The maximum Gasteiger partial charge on any atom is 0.265 e. The smallest absolute Gasteiger partial charge is 0.265 e. The Kier molecular flexibility index (Phi) is 5.74. The average Bonchev–Trinajstić information content (AvgIpc) is 2.50. The Bertz CT molecular complexity index is 687. The number of halogens is 2. The van der Waals surface area contributed by atoms with E-state index in [0.29, 0.717) is 21.5 Å². The summed E-state index contributed by atoms with van der Waals surface area (Å²) in [5.41, 5.74) is 1.76. The number of anilines is 2. The summed E-state index contributed by atoms with van der Waals surface area (Å²) in [4.78, 5) is 14.2. The van der Waals surface area contributed by atoms with E-state index in [1.807, 2.05) is 43.3 Å². The lowest BCUT2D eigenvalue weighted by Crippen LogP contribution is -2.30. The lowest BCUT2D eigenvalue weighted by atomic mass is 10.2. The van der Waals surface area contributed by atoms with Crippen LogP contribution < -0.4 is 15.0 Å². The molecule has 0 radical (unpaired) electrons. The second kappa shape index (κ2) is 7.57. The number of carbonyl (C=O) groups excluding carboxylic acids is 1. The lowest BCUT2D eigenvalue weighted by molar-refractivity contribution is -0.122. The molecule has 23 heavy (non-hydrogen) atoms. The molecule has 0 aliphatic rings. The van der Waals surface area contributed by atoms with Gasteiger partial charge in [-0.25, -0.2) is 0 Å². The molecule has 0 spiro atoms. The fraction of sp³-hybridized carbons (Fsp3) is 0.235. The summed E-state index contributed by atoms with van der Waals surface area (Å²) >= 11 is 11.9. The number of ether oxygens (including phenoxy) is 1. The minimum absolute atomic E-state index is 0.256. The van der Waals surface area contributed by atoms with E-state index in [1.165, 1.54) is 0 Å². The molecule has 4 nitrogen and oxygen atoms in total. The van der Waals surface area contributed by atoms with Gasteiger partial charge >= 0.3 is 0 Å². The topological polar surface area (TPSA) is 41.6 Å². The normalized spacial score (nSPS) is 11.7. The number of rotatable bonds is 5. The van der Waals surface area contributed by atoms with Crippen LogP contribution in [0.5, 0.6) is 5.75 Å². The van der Waals surface area contributed by atoms with Gasteiger partial charge in [-0.3, -0.25) is 4.79 Å². The van der Waals surface area contributed by atoms with Gasteiger partial charge < -0.3 is 15.0 Å². The lowest BCUT2D eigenvalue weighted by Gasteiger charge is -2.16. The number of hydrogen-bond acceptors (Lipinski definition) is 3. The Morgan fingerprint density at radius 1 is 1.13 bits per heavy atom. The molecule has 0 bridgehead atoms. The Hall–Kier alpha value is -1.91. The molecule has 0 aromatic heterocycles. The first-order valence-corrected chi connectivity index (χ1v) is 7.82. The monoisotopic (exact) mass is 352 g/mol. The van der Waals surface area contributed by atoms with Crippen LogP contribution in [0.4, 0.5) is 11.4 Å². The molecule has 0 saturated heterocycles. The summed E-state index contributed by atoms with van der Waals surface area (Å²) in [5, 5.41) is 3.69. The molecule has 122 valence electrons. The van der Waals surface area contributed by atoms with Gasteiger partial charge in [-0.05, 0) is 49.4 Å². The molecular weight excluding hydrogens is 335 g/mol. The highest BCUT2D eigenvalue weighted by molar-refractivity contribution is 6.35. The van der Waals surface area contributed by atoms with Crippen LogP contribution in [-0.2, 0) is 4.79 Å². The highest BCUT2D eigenvalue weighted by Crippen LogP contribution is 2.28. The second-order valence-corrected chi connectivity index (χ2v) is 6.11. The molecule has 1 N–H and O–H groups in total. The summed E-state index contributed by atoms with van der Waals surface area (Å²) in [6, 6.07) is 12.4. The zero-order chi connectivity index (χ0) is 17.0. The van der Waals surface area contributed by atoms with E-state index >= 15 is 0 Å². The summed E-state index contributed by atoms with van der Waals surface area (Å²) in [6.45, 7) is 1.66. The van der Waals surface area contributed by atoms with E-state index in [1.54, 1.807) is 25.1 Å². The van der Waals surface area contributed by atoms with Gasteiger partial charge in [0.25, 0.3) is 5.91 Å². The molecule has 0 aliphatic heterocycles. The van der Waals surface area contributed by atoms with Crippen LogP contribution in [-0.4, -0.2) is 26.1 Å². The molecule has 1 amide bonds. The minimum atomic E-state index is -0.692. The molecule has 0 aliphatic carbocycles. The van der Waals surface area contributed by atoms with E-state index in [4.69, 9.17) is 27.9 Å². The van der Waals surface area contributed by atoms with Crippen molar-refractivity contribution in [2.24, 2.45) is 0 Å². The third-order valence-electron chi connectivity index (χ3n) is 3.22. The molecular formula is C17H18Cl2N2O2. The van der Waals surface area contributed by atoms with Crippen LogP contribution in [0.1, 0.15) is 6.92 Å². The van der Waals surface area contributed by atoms with Gasteiger partial charge in [0.05, 0.1) is 5.02 Å². The maximum atomic E-state index is 12.2. The first-order chi connectivity index (χ1) is 10.9. The first kappa shape index (κ1) is 17.4. The summed E-state index contributed by atoms with van der Waals surface area (Å²) < 4.78 is 5.59. The van der Waals surface area contributed by atoms with Crippen LogP contribution in [0.3, 0.4) is 0 Å². The quantitative estimate of drug-likeness (QED) is 0.863. The van der Waals surface area contributed by atoms with Crippen LogP contribution in [0, 0.1) is 0 Å². The number of benzene rings is 2. The van der Waals surface area contributed by atoms with Crippen LogP contribution in [0.2, 0.25) is 10.0 Å². The number of nitrogens with one attached hydrogen (secondary N) is 1. The molecule has 6 heteroatoms. The van der Waals surface area contributed by atoms with Gasteiger partial charge in [-0.2, -0.15) is 0 Å². The molecule has 0 heterocycles. The first-order valence-electron chi connectivity index (χ1n) is 7.07. The van der Waals surface area contributed by atoms with E-state index in [0.717, 1.165) is 5.69 Å². The number of carbonyl (C=O) groups is 1. The molecule has 1 atom stereocenters. The molecule has 0 unspecified atom stereocenters. The van der Waals surface area contributed by atoms with E-state index in [9.17, 15) is 4.79 Å². The van der Waals surface area contributed by atoms with Gasteiger partial charge in [0, 0.05) is 30.5 Å². The number of amides is 1. The minimum Gasteiger partial charge on any atom is -0.479 e. The Morgan fingerprint density at radius 2 is 1.78 bits per heavy atom. The van der Waals surface area contributed by atoms with E-state index in [2.05, 4.69) is 5.32 Å². The molecule has 2 aromatic carbocycles. The third kappa shape index (κ3) is 4.78. The Balaban J connectivity index is 1.99. The predicted octanol–water partition coefficient (Wildman–Crippen LogP) is 4.47. The molecule has 0 fully saturated rings. The van der Waals surface area contributed by atoms with Gasteiger partial charge in [0.15, 0.2) is 6.10 Å². The van der Waals surface area contributed by atoms with Gasteiger partial charge in [-0.1, -0.05) is 23.2 Å². The standard InChI is InChI=1S/C17H18Cl2N2O2/c1-11(23-16-9-4-12(18)10-15(16)19)17(22)20-13-5-7-14(8-6-13)21(2)3/h4-11H,1-3H3,(H,20,22)/t11-/m1/s1. The van der Waals surface area contributed by atoms with Crippen molar-refractivity contribution in [3.8, 4) is 5.75 Å². The van der Waals surface area contributed by atoms with Crippen molar-refractivity contribution in [2.45, 2.75) is 13.0 Å². The highest BCUT2D eigenvalue weighted by Gasteiger charge is 2.16. The Labute approximate surface area is 146 Å². The van der Waals surface area contributed by atoms with E-state index < -0.39 is 6.10 Å². The van der Waals surface area contributed by atoms with Crippen molar-refractivity contribution in [3.63, 3.8) is 0 Å². The molecule has 0 saturated carbocycles. The van der Waals surface area contributed by atoms with Crippen LogP contribution in [0.25, 0.3) is 0 Å². The summed E-state index contributed by atoms with van der Waals surface area (Å²) in [7, 11) is 3.92. The van der Waals surface area contributed by atoms with Crippen molar-refractivity contribution >= 4 is 40.5 Å². The van der Waals surface area contributed by atoms with Crippen molar-refractivity contribution in [1.29, 1.82) is 0 Å². The second-order valence-electron chi connectivity index (χ2n) is 5.27. The zero-order valence-corrected chi connectivity index (χ0v) is 14.7. The maximum absolute atomic E-state index is 12.2. The van der Waals surface area contributed by atoms with Gasteiger partial charge in [0.2, 0.25) is 0 Å². The van der Waals surface area contributed by atoms with Crippen molar-refractivity contribution in [1.82, 2.24) is 0 Å². The number of hydrogen-bond donors (Lipinski definition) is 1. The fourth-order valence-electron chi connectivity index (χ4n) is 1.90. The summed E-state index contributed by atoms with van der Waals surface area (Å²) in [5.74, 6) is 0.162. The Morgan fingerprint density at radius 3 is 2.35 bits per heavy atom. The fourth-order valence-corrected chi connectivity index (χ4v) is 2.35. The van der Waals surface area contributed by atoms with Crippen LogP contribution >= 0.6 is 23.2 Å². The average molecular weight is 353 g/mol. The predicted molar refractivity (Wildman–Crippen MR) is 96.0 cm³/mol. The van der Waals surface area contributed by atoms with Crippen molar-refractivity contribution in [3.05, 3.63) is 52.5 Å².